The van der Waals surface area contributed by atoms with Crippen molar-refractivity contribution in [1.82, 2.24) is 0 Å². The molecule has 4 heteroatoms. The van der Waals surface area contributed by atoms with E-state index in [1.165, 1.54) is 47.5 Å². The largest absolute Gasteiger partial charge is 0.456 e. The Morgan fingerprint density at radius 3 is 1.96 bits per heavy atom. The van der Waals surface area contributed by atoms with Gasteiger partial charge in [0.05, 0.1) is 5.69 Å². The minimum atomic E-state index is 0.879. The molecular formula is C50H29NO2S. The molecule has 9 aromatic carbocycles. The average Bonchev–Trinajstić information content (AvgIpc) is 3.92. The number of anilines is 3. The van der Waals surface area contributed by atoms with E-state index in [-0.39, 0.29) is 0 Å². The average molecular weight is 708 g/mol. The van der Waals surface area contributed by atoms with Crippen molar-refractivity contribution < 1.29 is 8.83 Å². The molecule has 3 aromatic heterocycles. The number of benzene rings is 9. The molecule has 12 rings (SSSR count). The standard InChI is InChI=1S/C50H29NO2S/c1-3-12-35-30(9-1)11-7-15-36(35)32-19-22-33(23-20-32)51(34-24-26-43-40(29-34)38-14-5-6-17-42(38)52-43)41-16-8-18-45-48(41)49-46(54-45)28-27-44-47(49)39-25-21-31-10-2-4-13-37(31)50(39)53-44/h1-29H. The van der Waals surface area contributed by atoms with Gasteiger partial charge < -0.3 is 13.7 Å². The molecule has 0 aliphatic rings. The highest BCUT2D eigenvalue weighted by Crippen LogP contribution is 2.50. The van der Waals surface area contributed by atoms with Crippen LogP contribution in [0.25, 0.3) is 96.7 Å². The molecule has 54 heavy (non-hydrogen) atoms. The van der Waals surface area contributed by atoms with Crippen LogP contribution in [0.5, 0.6) is 0 Å². The molecule has 0 aliphatic heterocycles. The van der Waals surface area contributed by atoms with Crippen molar-refractivity contribution in [1.29, 1.82) is 0 Å². The molecule has 0 aliphatic carbocycles. The summed E-state index contributed by atoms with van der Waals surface area (Å²) in [6.07, 6.45) is 0. The number of hydrogen-bond acceptors (Lipinski definition) is 4. The fraction of sp³-hybridized carbons (Fsp3) is 0. The van der Waals surface area contributed by atoms with Gasteiger partial charge in [-0.15, -0.1) is 11.3 Å². The third-order valence-electron chi connectivity index (χ3n) is 11.0. The molecule has 0 fully saturated rings. The maximum absolute atomic E-state index is 6.71. The molecule has 0 atom stereocenters. The van der Waals surface area contributed by atoms with E-state index in [4.69, 9.17) is 8.83 Å². The predicted molar refractivity (Wildman–Crippen MR) is 229 cm³/mol. The molecule has 3 heterocycles. The molecule has 3 nitrogen and oxygen atoms in total. The topological polar surface area (TPSA) is 29.5 Å². The van der Waals surface area contributed by atoms with Crippen molar-refractivity contribution in [2.75, 3.05) is 4.90 Å². The normalized spacial score (nSPS) is 12.1. The predicted octanol–water partition coefficient (Wildman–Crippen LogP) is 15.3. The van der Waals surface area contributed by atoms with E-state index in [2.05, 4.69) is 169 Å². The van der Waals surface area contributed by atoms with E-state index in [9.17, 15) is 0 Å². The van der Waals surface area contributed by atoms with Gasteiger partial charge in [0.2, 0.25) is 0 Å². The van der Waals surface area contributed by atoms with Gasteiger partial charge in [0.25, 0.3) is 0 Å². The highest BCUT2D eigenvalue weighted by atomic mass is 32.1. The number of rotatable bonds is 4. The Balaban J connectivity index is 1.14. The SMILES string of the molecule is c1ccc2c(-c3ccc(N(c4ccc5oc6ccccc6c5c4)c4cccc5sc6ccc7oc8c9ccccc9ccc8c7c6c45)cc3)cccc2c1. The number of fused-ring (bicyclic) bond motifs is 13. The van der Waals surface area contributed by atoms with Gasteiger partial charge in [0.1, 0.15) is 22.3 Å². The lowest BCUT2D eigenvalue weighted by Gasteiger charge is -2.27. The summed E-state index contributed by atoms with van der Waals surface area (Å²) in [5, 5.41) is 11.7. The van der Waals surface area contributed by atoms with Gasteiger partial charge in [-0.25, -0.2) is 0 Å². The molecular weight excluding hydrogens is 679 g/mol. The van der Waals surface area contributed by atoms with E-state index >= 15 is 0 Å². The van der Waals surface area contributed by atoms with Crippen LogP contribution in [0.15, 0.2) is 185 Å². The Hall–Kier alpha value is -6.88. The minimum Gasteiger partial charge on any atom is -0.456 e. The molecule has 12 aromatic rings. The summed E-state index contributed by atoms with van der Waals surface area (Å²) in [4.78, 5) is 2.42. The molecule has 252 valence electrons. The second-order valence-corrected chi connectivity index (χ2v) is 15.1. The van der Waals surface area contributed by atoms with E-state index in [1.807, 2.05) is 23.5 Å². The zero-order valence-corrected chi connectivity index (χ0v) is 29.7. The smallest absolute Gasteiger partial charge is 0.143 e. The maximum atomic E-state index is 6.71. The summed E-state index contributed by atoms with van der Waals surface area (Å²) in [5.41, 5.74) is 9.28. The van der Waals surface area contributed by atoms with E-state index in [1.54, 1.807) is 0 Å². The third-order valence-corrected chi connectivity index (χ3v) is 12.2. The Morgan fingerprint density at radius 2 is 1.07 bits per heavy atom. The summed E-state index contributed by atoms with van der Waals surface area (Å²) in [6.45, 7) is 0. The third kappa shape index (κ3) is 4.29. The molecule has 0 saturated carbocycles. The van der Waals surface area contributed by atoms with E-state index in [0.29, 0.717) is 0 Å². The summed E-state index contributed by atoms with van der Waals surface area (Å²) in [6, 6.07) is 63.1. The van der Waals surface area contributed by atoms with Crippen LogP contribution in [0.1, 0.15) is 0 Å². The van der Waals surface area contributed by atoms with Crippen molar-refractivity contribution >= 4 is 114 Å². The van der Waals surface area contributed by atoms with Gasteiger partial charge in [-0.05, 0) is 94.0 Å². The molecule has 0 N–H and O–H groups in total. The summed E-state index contributed by atoms with van der Waals surface area (Å²) >= 11 is 1.84. The summed E-state index contributed by atoms with van der Waals surface area (Å²) in [7, 11) is 0. The first-order chi connectivity index (χ1) is 26.8. The van der Waals surface area contributed by atoms with Crippen LogP contribution < -0.4 is 4.90 Å². The zero-order valence-electron chi connectivity index (χ0n) is 28.9. The van der Waals surface area contributed by atoms with Crippen molar-refractivity contribution in [2.45, 2.75) is 0 Å². The van der Waals surface area contributed by atoms with E-state index in [0.717, 1.165) is 66.3 Å². The molecule has 0 radical (unpaired) electrons. The lowest BCUT2D eigenvalue weighted by molar-refractivity contribution is 0.669. The number of hydrogen-bond donors (Lipinski definition) is 0. The second kappa shape index (κ2) is 11.3. The van der Waals surface area contributed by atoms with Crippen molar-refractivity contribution in [3.8, 4) is 11.1 Å². The quantitative estimate of drug-likeness (QED) is 0.182. The highest BCUT2D eigenvalue weighted by Gasteiger charge is 2.23. The summed E-state index contributed by atoms with van der Waals surface area (Å²) in [5.74, 6) is 0. The second-order valence-electron chi connectivity index (χ2n) is 14.0. The fourth-order valence-electron chi connectivity index (χ4n) is 8.62. The number of para-hydroxylation sites is 1. The van der Waals surface area contributed by atoms with Gasteiger partial charge >= 0.3 is 0 Å². The molecule has 0 unspecified atom stereocenters. The van der Waals surface area contributed by atoms with Gasteiger partial charge in [-0.2, -0.15) is 0 Å². The lowest BCUT2D eigenvalue weighted by atomic mass is 9.98. The maximum Gasteiger partial charge on any atom is 0.143 e. The monoisotopic (exact) mass is 707 g/mol. The first-order valence-electron chi connectivity index (χ1n) is 18.2. The van der Waals surface area contributed by atoms with Crippen molar-refractivity contribution in [2.24, 2.45) is 0 Å². The zero-order chi connectivity index (χ0) is 35.3. The van der Waals surface area contributed by atoms with Crippen LogP contribution in [-0.2, 0) is 0 Å². The Morgan fingerprint density at radius 1 is 0.389 bits per heavy atom. The Bertz CT molecular complexity index is 3450. The van der Waals surface area contributed by atoms with Gasteiger partial charge in [-0.1, -0.05) is 109 Å². The van der Waals surface area contributed by atoms with Crippen molar-refractivity contribution in [3.63, 3.8) is 0 Å². The lowest BCUT2D eigenvalue weighted by Crippen LogP contribution is -2.10. The van der Waals surface area contributed by atoms with Crippen LogP contribution in [0, 0.1) is 0 Å². The number of nitrogens with zero attached hydrogens (tertiary/aromatic N) is 1. The fourth-order valence-corrected chi connectivity index (χ4v) is 9.75. The van der Waals surface area contributed by atoms with Gasteiger partial charge in [-0.3, -0.25) is 0 Å². The number of thiophene rings is 1. The van der Waals surface area contributed by atoms with Gasteiger partial charge in [0.15, 0.2) is 0 Å². The molecule has 0 saturated heterocycles. The minimum absolute atomic E-state index is 0.879. The first-order valence-corrected chi connectivity index (χ1v) is 19.1. The Labute approximate surface area is 313 Å². The Kier molecular flexibility index (Phi) is 6.21. The molecule has 0 bridgehead atoms. The molecule has 0 spiro atoms. The van der Waals surface area contributed by atoms with Crippen LogP contribution in [-0.4, -0.2) is 0 Å². The van der Waals surface area contributed by atoms with Crippen LogP contribution in [0.4, 0.5) is 17.1 Å². The van der Waals surface area contributed by atoms with Crippen molar-refractivity contribution in [3.05, 3.63) is 176 Å². The van der Waals surface area contributed by atoms with Crippen LogP contribution in [0.3, 0.4) is 0 Å². The van der Waals surface area contributed by atoms with Gasteiger partial charge in [0, 0.05) is 58.5 Å². The first kappa shape index (κ1) is 29.7. The summed E-state index contributed by atoms with van der Waals surface area (Å²) < 4.78 is 15.5. The van der Waals surface area contributed by atoms with Crippen LogP contribution >= 0.6 is 11.3 Å². The number of furan rings is 2. The molecule has 0 amide bonds. The van der Waals surface area contributed by atoms with E-state index < -0.39 is 0 Å². The van der Waals surface area contributed by atoms with Crippen LogP contribution in [0.2, 0.25) is 0 Å². The highest BCUT2D eigenvalue weighted by molar-refractivity contribution is 7.26.